The molecule has 0 fully saturated rings. The number of amides is 1. The Labute approximate surface area is 134 Å². The molecule has 0 aliphatic rings. The van der Waals surface area contributed by atoms with Gasteiger partial charge in [0.05, 0.1) is 21.3 Å². The minimum Gasteiger partial charge on any atom is -0.478 e. The molecule has 0 saturated carbocycles. The van der Waals surface area contributed by atoms with Gasteiger partial charge in [0.1, 0.15) is 5.75 Å². The Morgan fingerprint density at radius 3 is 2.62 bits per heavy atom. The molecule has 7 heteroatoms. The zero-order valence-electron chi connectivity index (χ0n) is 11.9. The van der Waals surface area contributed by atoms with Gasteiger partial charge in [0.25, 0.3) is 0 Å². The van der Waals surface area contributed by atoms with E-state index in [0.29, 0.717) is 16.9 Å². The average Bonchev–Trinajstić information content (AvgIpc) is 2.37. The first-order valence-electron chi connectivity index (χ1n) is 6.49. The Morgan fingerprint density at radius 1 is 1.38 bits per heavy atom. The monoisotopic (exact) mass is 375 g/mol. The van der Waals surface area contributed by atoms with Crippen LogP contribution in [0.25, 0.3) is 0 Å². The van der Waals surface area contributed by atoms with E-state index in [9.17, 15) is 13.8 Å². The largest absolute Gasteiger partial charge is 0.478 e. The van der Waals surface area contributed by atoms with Gasteiger partial charge in [-0.05, 0) is 30.5 Å². The second-order valence-corrected chi connectivity index (χ2v) is 7.30. The fourth-order valence-electron chi connectivity index (χ4n) is 1.61. The SMILES string of the molecule is CC(C)CCNC(=O)CS(=O)c1cc(Br)ccc1C(=O)O. The van der Waals surface area contributed by atoms with E-state index >= 15 is 0 Å². The minimum atomic E-state index is -1.69. The fourth-order valence-corrected chi connectivity index (χ4v) is 3.28. The number of nitrogens with one attached hydrogen (secondary N) is 1. The molecular formula is C14H18BrNO4S. The van der Waals surface area contributed by atoms with Crippen LogP contribution in [-0.4, -0.2) is 33.5 Å². The summed E-state index contributed by atoms with van der Waals surface area (Å²) in [6.07, 6.45) is 0.843. The molecule has 116 valence electrons. The lowest BCUT2D eigenvalue weighted by Gasteiger charge is -2.09. The number of carboxylic acid groups (broad SMARTS) is 1. The standard InChI is InChI=1S/C14H18BrNO4S/c1-9(2)5-6-16-13(17)8-21(20)12-7-10(15)3-4-11(12)14(18)19/h3-4,7,9H,5-6,8H2,1-2H3,(H,16,17)(H,18,19). The molecule has 2 N–H and O–H groups in total. The molecule has 1 atom stereocenters. The second-order valence-electron chi connectivity index (χ2n) is 4.97. The molecule has 1 amide bonds. The van der Waals surface area contributed by atoms with Gasteiger partial charge in [-0.3, -0.25) is 9.00 Å². The van der Waals surface area contributed by atoms with E-state index in [0.717, 1.165) is 6.42 Å². The maximum absolute atomic E-state index is 12.2. The molecule has 0 bridgehead atoms. The topological polar surface area (TPSA) is 83.5 Å². The van der Waals surface area contributed by atoms with Crippen molar-refractivity contribution in [2.24, 2.45) is 5.92 Å². The first kappa shape index (κ1) is 17.8. The molecule has 5 nitrogen and oxygen atoms in total. The van der Waals surface area contributed by atoms with E-state index < -0.39 is 16.8 Å². The summed E-state index contributed by atoms with van der Waals surface area (Å²) in [6.45, 7) is 4.62. The van der Waals surface area contributed by atoms with Gasteiger partial charge < -0.3 is 10.4 Å². The summed E-state index contributed by atoms with van der Waals surface area (Å²) in [4.78, 5) is 23.0. The highest BCUT2D eigenvalue weighted by molar-refractivity contribution is 9.10. The van der Waals surface area contributed by atoms with Crippen molar-refractivity contribution in [3.05, 3.63) is 28.2 Å². The van der Waals surface area contributed by atoms with Crippen molar-refractivity contribution in [2.45, 2.75) is 25.2 Å². The number of hydrogen-bond acceptors (Lipinski definition) is 3. The summed E-state index contributed by atoms with van der Waals surface area (Å²) >= 11 is 3.21. The van der Waals surface area contributed by atoms with E-state index in [1.54, 1.807) is 6.07 Å². The minimum absolute atomic E-state index is 0.0495. The lowest BCUT2D eigenvalue weighted by molar-refractivity contribution is -0.118. The van der Waals surface area contributed by atoms with Crippen LogP contribution < -0.4 is 5.32 Å². The Bertz CT molecular complexity index is 560. The lowest BCUT2D eigenvalue weighted by Crippen LogP contribution is -2.30. The Morgan fingerprint density at radius 2 is 2.05 bits per heavy atom. The maximum Gasteiger partial charge on any atom is 0.336 e. The Hall–Kier alpha value is -1.21. The third-order valence-corrected chi connectivity index (χ3v) is 4.57. The van der Waals surface area contributed by atoms with Crippen LogP contribution in [-0.2, 0) is 15.6 Å². The first-order valence-corrected chi connectivity index (χ1v) is 8.60. The average molecular weight is 376 g/mol. The predicted octanol–water partition coefficient (Wildman–Crippen LogP) is 2.42. The van der Waals surface area contributed by atoms with E-state index in [4.69, 9.17) is 5.11 Å². The van der Waals surface area contributed by atoms with Crippen LogP contribution >= 0.6 is 15.9 Å². The van der Waals surface area contributed by atoms with Crippen LogP contribution in [0.3, 0.4) is 0 Å². The van der Waals surface area contributed by atoms with Crippen molar-refractivity contribution in [1.29, 1.82) is 0 Å². The number of aromatic carboxylic acids is 1. The molecule has 1 unspecified atom stereocenters. The highest BCUT2D eigenvalue weighted by Crippen LogP contribution is 2.20. The number of carbonyl (C=O) groups excluding carboxylic acids is 1. The third kappa shape index (κ3) is 5.97. The smallest absolute Gasteiger partial charge is 0.336 e. The normalized spacial score (nSPS) is 12.2. The van der Waals surface area contributed by atoms with Gasteiger partial charge in [0, 0.05) is 11.0 Å². The third-order valence-electron chi connectivity index (χ3n) is 2.73. The Kier molecular flexibility index (Phi) is 7.04. The molecule has 0 radical (unpaired) electrons. The van der Waals surface area contributed by atoms with Crippen molar-refractivity contribution < 1.29 is 18.9 Å². The summed E-state index contributed by atoms with van der Waals surface area (Å²) in [6, 6.07) is 4.41. The quantitative estimate of drug-likeness (QED) is 0.766. The van der Waals surface area contributed by atoms with E-state index in [-0.39, 0.29) is 22.1 Å². The van der Waals surface area contributed by atoms with E-state index in [2.05, 4.69) is 21.2 Å². The van der Waals surface area contributed by atoms with Gasteiger partial charge in [0.15, 0.2) is 0 Å². The summed E-state index contributed by atoms with van der Waals surface area (Å²) in [5.74, 6) is -1.27. The van der Waals surface area contributed by atoms with Gasteiger partial charge in [-0.2, -0.15) is 0 Å². The van der Waals surface area contributed by atoms with Crippen LogP contribution in [0.5, 0.6) is 0 Å². The zero-order chi connectivity index (χ0) is 16.0. The van der Waals surface area contributed by atoms with Crippen molar-refractivity contribution in [3.63, 3.8) is 0 Å². The number of halogens is 1. The second kappa shape index (κ2) is 8.29. The van der Waals surface area contributed by atoms with Crippen molar-refractivity contribution >= 4 is 38.6 Å². The van der Waals surface area contributed by atoms with Crippen molar-refractivity contribution in [3.8, 4) is 0 Å². The van der Waals surface area contributed by atoms with Gasteiger partial charge >= 0.3 is 5.97 Å². The van der Waals surface area contributed by atoms with Gasteiger partial charge in [-0.25, -0.2) is 4.79 Å². The first-order chi connectivity index (χ1) is 9.81. The molecule has 0 aliphatic carbocycles. The highest BCUT2D eigenvalue weighted by atomic mass is 79.9. The molecule has 1 rings (SSSR count). The number of rotatable bonds is 7. The van der Waals surface area contributed by atoms with Crippen LogP contribution in [0.15, 0.2) is 27.6 Å². The van der Waals surface area contributed by atoms with Crippen LogP contribution in [0, 0.1) is 5.92 Å². The number of benzene rings is 1. The van der Waals surface area contributed by atoms with Crippen molar-refractivity contribution in [2.75, 3.05) is 12.3 Å². The summed E-state index contributed by atoms with van der Waals surface area (Å²) in [5, 5.41) is 11.8. The molecule has 0 heterocycles. The summed E-state index contributed by atoms with van der Waals surface area (Å²) in [7, 11) is -1.69. The number of hydrogen-bond donors (Lipinski definition) is 2. The van der Waals surface area contributed by atoms with Crippen LogP contribution in [0.1, 0.15) is 30.6 Å². The molecule has 1 aromatic rings. The number of carbonyl (C=O) groups is 2. The fraction of sp³-hybridized carbons (Fsp3) is 0.429. The van der Waals surface area contributed by atoms with E-state index in [1.807, 2.05) is 13.8 Å². The predicted molar refractivity (Wildman–Crippen MR) is 84.8 cm³/mol. The molecule has 0 aliphatic heterocycles. The van der Waals surface area contributed by atoms with Crippen molar-refractivity contribution in [1.82, 2.24) is 5.32 Å². The molecule has 0 saturated heterocycles. The number of carboxylic acids is 1. The van der Waals surface area contributed by atoms with Crippen LogP contribution in [0.2, 0.25) is 0 Å². The van der Waals surface area contributed by atoms with Gasteiger partial charge in [-0.1, -0.05) is 29.8 Å². The van der Waals surface area contributed by atoms with E-state index in [1.165, 1.54) is 12.1 Å². The van der Waals surface area contributed by atoms with Gasteiger partial charge in [-0.15, -0.1) is 0 Å². The molecule has 0 spiro atoms. The molecule has 21 heavy (non-hydrogen) atoms. The Balaban J connectivity index is 2.73. The molecule has 0 aromatic heterocycles. The molecular weight excluding hydrogens is 358 g/mol. The highest BCUT2D eigenvalue weighted by Gasteiger charge is 2.18. The lowest BCUT2D eigenvalue weighted by atomic mass is 10.1. The zero-order valence-corrected chi connectivity index (χ0v) is 14.3. The summed E-state index contributed by atoms with van der Waals surface area (Å²) in [5.41, 5.74) is -0.0495. The maximum atomic E-state index is 12.2. The van der Waals surface area contributed by atoms with Crippen LogP contribution in [0.4, 0.5) is 0 Å². The van der Waals surface area contributed by atoms with Gasteiger partial charge in [0.2, 0.25) is 5.91 Å². The molecule has 1 aromatic carbocycles. The summed E-state index contributed by atoms with van der Waals surface area (Å²) < 4.78 is 12.8.